The van der Waals surface area contributed by atoms with Crippen LogP contribution in [0.5, 0.6) is 0 Å². The van der Waals surface area contributed by atoms with Crippen LogP contribution in [0.3, 0.4) is 0 Å². The van der Waals surface area contributed by atoms with E-state index in [0.29, 0.717) is 5.56 Å². The molecule has 1 saturated heterocycles. The average Bonchev–Trinajstić information content (AvgIpc) is 2.89. The van der Waals surface area contributed by atoms with Crippen molar-refractivity contribution < 1.29 is 19.2 Å². The maximum absolute atomic E-state index is 12.3. The highest BCUT2D eigenvalue weighted by Crippen LogP contribution is 2.37. The quantitative estimate of drug-likeness (QED) is 0.607. The van der Waals surface area contributed by atoms with Gasteiger partial charge in [-0.05, 0) is 25.0 Å². The Morgan fingerprint density at radius 3 is 2.40 bits per heavy atom. The second kappa shape index (κ2) is 7.42. The van der Waals surface area contributed by atoms with Crippen LogP contribution in [0.1, 0.15) is 42.5 Å². The number of aromatic nitrogens is 1. The number of nitrogens with one attached hydrogen (secondary N) is 2. The first kappa shape index (κ1) is 17.1. The van der Waals surface area contributed by atoms with E-state index in [-0.39, 0.29) is 36.6 Å². The van der Waals surface area contributed by atoms with Crippen molar-refractivity contribution >= 4 is 23.6 Å². The highest BCUT2D eigenvalue weighted by molar-refractivity contribution is 6.05. The number of nitrogens with zero attached hydrogens (tertiary/aromatic N) is 2. The van der Waals surface area contributed by atoms with Crippen LogP contribution in [0.4, 0.5) is 0 Å². The van der Waals surface area contributed by atoms with Crippen molar-refractivity contribution in [3.8, 4) is 0 Å². The van der Waals surface area contributed by atoms with Crippen LogP contribution in [0, 0.1) is 11.8 Å². The molecule has 1 saturated carbocycles. The van der Waals surface area contributed by atoms with E-state index in [9.17, 15) is 19.2 Å². The number of carbonyl (C=O) groups is 4. The second-order valence-electron chi connectivity index (χ2n) is 6.32. The molecule has 1 aliphatic carbocycles. The van der Waals surface area contributed by atoms with E-state index in [1.807, 2.05) is 0 Å². The Labute approximate surface area is 144 Å². The molecule has 1 aliphatic heterocycles. The fourth-order valence-corrected chi connectivity index (χ4v) is 3.42. The lowest BCUT2D eigenvalue weighted by Gasteiger charge is -2.19. The van der Waals surface area contributed by atoms with Gasteiger partial charge in [0.05, 0.1) is 17.4 Å². The normalized spacial score (nSPS) is 22.5. The Hall–Kier alpha value is -2.77. The van der Waals surface area contributed by atoms with Crippen LogP contribution in [0.15, 0.2) is 24.5 Å². The molecule has 0 spiro atoms. The van der Waals surface area contributed by atoms with Crippen molar-refractivity contribution in [1.29, 1.82) is 0 Å². The topological polar surface area (TPSA) is 108 Å². The molecule has 25 heavy (non-hydrogen) atoms. The molecule has 1 aromatic rings. The molecule has 2 unspecified atom stereocenters. The molecule has 0 bridgehead atoms. The Morgan fingerprint density at radius 1 is 1.12 bits per heavy atom. The van der Waals surface area contributed by atoms with E-state index < -0.39 is 11.8 Å². The first-order valence-electron chi connectivity index (χ1n) is 8.42. The molecule has 2 heterocycles. The zero-order valence-corrected chi connectivity index (χ0v) is 13.7. The number of hydrazine groups is 1. The summed E-state index contributed by atoms with van der Waals surface area (Å²) in [5, 5.41) is 0. The summed E-state index contributed by atoms with van der Waals surface area (Å²) in [4.78, 5) is 53.3. The van der Waals surface area contributed by atoms with Crippen molar-refractivity contribution in [2.24, 2.45) is 11.8 Å². The summed E-state index contributed by atoms with van der Waals surface area (Å²) in [6, 6.07) is 3.18. The summed E-state index contributed by atoms with van der Waals surface area (Å²) in [5.74, 6) is -1.71. The second-order valence-corrected chi connectivity index (χ2v) is 6.32. The van der Waals surface area contributed by atoms with E-state index in [4.69, 9.17) is 0 Å². The molecule has 1 aromatic heterocycles. The zero-order chi connectivity index (χ0) is 17.8. The minimum Gasteiger partial charge on any atom is -0.282 e. The first-order chi connectivity index (χ1) is 12.1. The highest BCUT2D eigenvalue weighted by atomic mass is 16.2. The maximum Gasteiger partial charge on any atom is 0.271 e. The third kappa shape index (κ3) is 3.67. The number of hydrogen-bond acceptors (Lipinski definition) is 5. The number of amides is 4. The number of likely N-dealkylation sites (tertiary alicyclic amines) is 1. The van der Waals surface area contributed by atoms with E-state index in [0.717, 1.165) is 25.7 Å². The van der Waals surface area contributed by atoms with Crippen LogP contribution in [-0.2, 0) is 14.4 Å². The van der Waals surface area contributed by atoms with Gasteiger partial charge in [-0.2, -0.15) is 0 Å². The third-order valence-corrected chi connectivity index (χ3v) is 4.73. The fraction of sp³-hybridized carbons (Fsp3) is 0.471. The molecule has 8 heteroatoms. The number of hydrogen-bond donors (Lipinski definition) is 2. The monoisotopic (exact) mass is 344 g/mol. The zero-order valence-electron chi connectivity index (χ0n) is 13.7. The van der Waals surface area contributed by atoms with Crippen LogP contribution in [0.25, 0.3) is 0 Å². The Morgan fingerprint density at radius 2 is 1.80 bits per heavy atom. The molecule has 0 radical (unpaired) electrons. The van der Waals surface area contributed by atoms with Gasteiger partial charge < -0.3 is 0 Å². The standard InChI is InChI=1S/C17H20N4O4/c22-14(19-20-15(23)11-4-3-8-18-10-11)7-9-21-16(24)12-5-1-2-6-13(12)17(21)25/h3-4,8,10,12-13H,1-2,5-7,9H2,(H,19,22)(H,20,23). The highest BCUT2D eigenvalue weighted by Gasteiger charge is 2.47. The lowest BCUT2D eigenvalue weighted by molar-refractivity contribution is -0.140. The predicted molar refractivity (Wildman–Crippen MR) is 86.6 cm³/mol. The largest absolute Gasteiger partial charge is 0.282 e. The van der Waals surface area contributed by atoms with Crippen molar-refractivity contribution in [2.75, 3.05) is 6.54 Å². The van der Waals surface area contributed by atoms with Gasteiger partial charge in [0.1, 0.15) is 0 Å². The minimum atomic E-state index is -0.485. The van der Waals surface area contributed by atoms with Gasteiger partial charge in [0.2, 0.25) is 17.7 Å². The summed E-state index contributed by atoms with van der Waals surface area (Å²) >= 11 is 0. The maximum atomic E-state index is 12.3. The number of rotatable bonds is 4. The number of carbonyl (C=O) groups excluding carboxylic acids is 4. The van der Waals surface area contributed by atoms with Gasteiger partial charge in [0.15, 0.2) is 0 Å². The van der Waals surface area contributed by atoms with Crippen molar-refractivity contribution in [2.45, 2.75) is 32.1 Å². The SMILES string of the molecule is O=C(CCN1C(=O)C2CCCCC2C1=O)NNC(=O)c1cccnc1. The summed E-state index contributed by atoms with van der Waals surface area (Å²) in [6.45, 7) is 0.0409. The molecule has 132 valence electrons. The Kier molecular flexibility index (Phi) is 5.06. The van der Waals surface area contributed by atoms with E-state index in [1.54, 1.807) is 12.1 Å². The molecule has 0 aromatic carbocycles. The smallest absolute Gasteiger partial charge is 0.271 e. The summed E-state index contributed by atoms with van der Waals surface area (Å²) in [7, 11) is 0. The molecule has 2 aliphatic rings. The van der Waals surface area contributed by atoms with Gasteiger partial charge in [-0.25, -0.2) is 0 Å². The van der Waals surface area contributed by atoms with Crippen molar-refractivity contribution in [1.82, 2.24) is 20.7 Å². The lowest BCUT2D eigenvalue weighted by atomic mass is 9.81. The van der Waals surface area contributed by atoms with Gasteiger partial charge in [-0.1, -0.05) is 12.8 Å². The van der Waals surface area contributed by atoms with E-state index >= 15 is 0 Å². The molecule has 2 atom stereocenters. The lowest BCUT2D eigenvalue weighted by Crippen LogP contribution is -2.43. The first-order valence-corrected chi connectivity index (χ1v) is 8.42. The number of fused-ring (bicyclic) bond motifs is 1. The molecule has 2 fully saturated rings. The minimum absolute atomic E-state index is 0.0409. The summed E-state index contributed by atoms with van der Waals surface area (Å²) in [5.41, 5.74) is 4.88. The number of imide groups is 1. The molecular weight excluding hydrogens is 324 g/mol. The van der Waals surface area contributed by atoms with Crippen LogP contribution in [0.2, 0.25) is 0 Å². The molecule has 8 nitrogen and oxygen atoms in total. The van der Waals surface area contributed by atoms with Gasteiger partial charge in [-0.15, -0.1) is 0 Å². The molecule has 4 amide bonds. The Bertz CT molecular complexity index is 667. The Balaban J connectivity index is 1.47. The molecule has 3 rings (SSSR count). The predicted octanol–water partition coefficient (Wildman–Crippen LogP) is 0.408. The van der Waals surface area contributed by atoms with Gasteiger partial charge >= 0.3 is 0 Å². The van der Waals surface area contributed by atoms with Gasteiger partial charge in [0, 0.05) is 25.4 Å². The van der Waals surface area contributed by atoms with Crippen molar-refractivity contribution in [3.63, 3.8) is 0 Å². The van der Waals surface area contributed by atoms with Crippen LogP contribution in [-0.4, -0.2) is 40.1 Å². The molecule has 2 N–H and O–H groups in total. The van der Waals surface area contributed by atoms with E-state index in [2.05, 4.69) is 15.8 Å². The van der Waals surface area contributed by atoms with Gasteiger partial charge in [0.25, 0.3) is 5.91 Å². The average molecular weight is 344 g/mol. The third-order valence-electron chi connectivity index (χ3n) is 4.73. The van der Waals surface area contributed by atoms with Crippen LogP contribution < -0.4 is 10.9 Å². The summed E-state index contributed by atoms with van der Waals surface area (Å²) in [6.07, 6.45) is 6.30. The fourth-order valence-electron chi connectivity index (χ4n) is 3.42. The summed E-state index contributed by atoms with van der Waals surface area (Å²) < 4.78 is 0. The van der Waals surface area contributed by atoms with E-state index in [1.165, 1.54) is 17.3 Å². The molecular formula is C17H20N4O4. The number of pyridine rings is 1. The van der Waals surface area contributed by atoms with Gasteiger partial charge in [-0.3, -0.25) is 39.9 Å². The van der Waals surface area contributed by atoms with Crippen molar-refractivity contribution in [3.05, 3.63) is 30.1 Å². The van der Waals surface area contributed by atoms with Crippen LogP contribution >= 0.6 is 0 Å².